The first-order chi connectivity index (χ1) is 8.67. The summed E-state index contributed by atoms with van der Waals surface area (Å²) in [7, 11) is 0. The van der Waals surface area contributed by atoms with Crippen molar-refractivity contribution in [3.05, 3.63) is 34.9 Å². The fourth-order valence-corrected chi connectivity index (χ4v) is 1.86. The maximum atomic E-state index is 11.7. The van der Waals surface area contributed by atoms with Gasteiger partial charge in [0.15, 0.2) is 0 Å². The van der Waals surface area contributed by atoms with Crippen molar-refractivity contribution in [2.45, 2.75) is 38.6 Å². The van der Waals surface area contributed by atoms with Crippen LogP contribution in [0.4, 0.5) is 0 Å². The second-order valence-electron chi connectivity index (χ2n) is 4.31. The van der Waals surface area contributed by atoms with Crippen LogP contribution in [0.5, 0.6) is 0 Å². The summed E-state index contributed by atoms with van der Waals surface area (Å²) in [5, 5.41) is 12.8. The Morgan fingerprint density at radius 3 is 2.56 bits per heavy atom. The molecule has 2 N–H and O–H groups in total. The highest BCUT2D eigenvalue weighted by atomic mass is 35.5. The maximum Gasteiger partial charge on any atom is 0.220 e. The minimum atomic E-state index is -0.351. The molecule has 4 heteroatoms. The lowest BCUT2D eigenvalue weighted by Gasteiger charge is -2.16. The number of nitrogens with one attached hydrogen (secondary N) is 1. The first-order valence-electron chi connectivity index (χ1n) is 6.33. The van der Waals surface area contributed by atoms with Crippen LogP contribution >= 0.6 is 11.6 Å². The molecule has 1 aromatic rings. The average Bonchev–Trinajstić information content (AvgIpc) is 2.37. The fraction of sp³-hybridized carbons (Fsp3) is 0.500. The smallest absolute Gasteiger partial charge is 0.220 e. The molecule has 0 saturated heterocycles. The normalized spacial score (nSPS) is 12.2. The van der Waals surface area contributed by atoms with E-state index in [1.54, 1.807) is 12.1 Å². The number of carbonyl (C=O) groups is 1. The first-order valence-corrected chi connectivity index (χ1v) is 6.70. The molecule has 1 unspecified atom stereocenters. The molecule has 1 atom stereocenters. The second-order valence-corrected chi connectivity index (χ2v) is 4.75. The third kappa shape index (κ3) is 5.07. The molecule has 0 aromatic heterocycles. The van der Waals surface area contributed by atoms with Crippen LogP contribution in [0.3, 0.4) is 0 Å². The quantitative estimate of drug-likeness (QED) is 0.748. The van der Waals surface area contributed by atoms with Crippen molar-refractivity contribution in [2.24, 2.45) is 0 Å². The van der Waals surface area contributed by atoms with Gasteiger partial charge in [0.05, 0.1) is 12.6 Å². The number of halogens is 1. The highest BCUT2D eigenvalue weighted by Crippen LogP contribution is 2.16. The van der Waals surface area contributed by atoms with Crippen molar-refractivity contribution in [1.29, 1.82) is 0 Å². The van der Waals surface area contributed by atoms with Gasteiger partial charge in [-0.1, -0.05) is 43.5 Å². The zero-order valence-corrected chi connectivity index (χ0v) is 11.4. The van der Waals surface area contributed by atoms with Gasteiger partial charge >= 0.3 is 0 Å². The number of rotatable bonds is 7. The standard InChI is InChI=1S/C14H20ClNO2/c1-2-3-4-5-14(18)16-13(10-17)11-6-8-12(15)9-7-11/h6-9,13,17H,2-5,10H2,1H3,(H,16,18). The summed E-state index contributed by atoms with van der Waals surface area (Å²) in [4.78, 5) is 11.7. The van der Waals surface area contributed by atoms with Gasteiger partial charge < -0.3 is 10.4 Å². The lowest BCUT2D eigenvalue weighted by Crippen LogP contribution is -2.30. The number of carbonyl (C=O) groups excluding carboxylic acids is 1. The van der Waals surface area contributed by atoms with Crippen LogP contribution in [0.2, 0.25) is 5.02 Å². The van der Waals surface area contributed by atoms with Gasteiger partial charge in [0.25, 0.3) is 0 Å². The number of amides is 1. The summed E-state index contributed by atoms with van der Waals surface area (Å²) in [5.41, 5.74) is 0.866. The highest BCUT2D eigenvalue weighted by molar-refractivity contribution is 6.30. The summed E-state index contributed by atoms with van der Waals surface area (Å²) in [5.74, 6) is -0.0162. The summed E-state index contributed by atoms with van der Waals surface area (Å²) in [6, 6.07) is 6.79. The van der Waals surface area contributed by atoms with Crippen LogP contribution in [0, 0.1) is 0 Å². The molecule has 1 rings (SSSR count). The Labute approximate surface area is 113 Å². The van der Waals surface area contributed by atoms with E-state index in [-0.39, 0.29) is 18.6 Å². The van der Waals surface area contributed by atoms with Gasteiger partial charge in [0.1, 0.15) is 0 Å². The fourth-order valence-electron chi connectivity index (χ4n) is 1.73. The minimum Gasteiger partial charge on any atom is -0.394 e. The molecular formula is C14H20ClNO2. The number of unbranched alkanes of at least 4 members (excludes halogenated alkanes) is 2. The summed E-state index contributed by atoms with van der Waals surface area (Å²) < 4.78 is 0. The molecule has 0 aliphatic heterocycles. The van der Waals surface area contributed by atoms with E-state index in [4.69, 9.17) is 11.6 Å². The number of benzene rings is 1. The monoisotopic (exact) mass is 269 g/mol. The van der Waals surface area contributed by atoms with Crippen LogP contribution in [0.1, 0.15) is 44.2 Å². The van der Waals surface area contributed by atoms with Gasteiger partial charge in [-0.25, -0.2) is 0 Å². The summed E-state index contributed by atoms with van der Waals surface area (Å²) in [6.45, 7) is 1.99. The van der Waals surface area contributed by atoms with Crippen molar-refractivity contribution in [3.8, 4) is 0 Å². The molecule has 0 aliphatic rings. The third-order valence-electron chi connectivity index (χ3n) is 2.80. The van der Waals surface area contributed by atoms with Crippen LogP contribution in [0.25, 0.3) is 0 Å². The van der Waals surface area contributed by atoms with Gasteiger partial charge in [-0.2, -0.15) is 0 Å². The second kappa shape index (κ2) is 8.11. The van der Waals surface area contributed by atoms with E-state index in [1.807, 2.05) is 12.1 Å². The van der Waals surface area contributed by atoms with E-state index in [0.717, 1.165) is 24.8 Å². The molecule has 18 heavy (non-hydrogen) atoms. The Balaban J connectivity index is 2.51. The lowest BCUT2D eigenvalue weighted by molar-refractivity contribution is -0.122. The van der Waals surface area contributed by atoms with E-state index in [1.165, 1.54) is 0 Å². The van der Waals surface area contributed by atoms with E-state index in [9.17, 15) is 9.90 Å². The molecule has 0 bridgehead atoms. The Morgan fingerprint density at radius 1 is 1.33 bits per heavy atom. The van der Waals surface area contributed by atoms with Crippen molar-refractivity contribution >= 4 is 17.5 Å². The zero-order chi connectivity index (χ0) is 13.4. The van der Waals surface area contributed by atoms with Gasteiger partial charge in [-0.05, 0) is 24.1 Å². The van der Waals surface area contributed by atoms with Crippen LogP contribution < -0.4 is 5.32 Å². The number of hydrogen-bond donors (Lipinski definition) is 2. The molecule has 0 radical (unpaired) electrons. The number of aliphatic hydroxyl groups excluding tert-OH is 1. The molecule has 0 saturated carbocycles. The van der Waals surface area contributed by atoms with E-state index in [2.05, 4.69) is 12.2 Å². The summed E-state index contributed by atoms with van der Waals surface area (Å²) >= 11 is 5.80. The van der Waals surface area contributed by atoms with Gasteiger partial charge in [0, 0.05) is 11.4 Å². The van der Waals surface area contributed by atoms with E-state index in [0.29, 0.717) is 11.4 Å². The SMILES string of the molecule is CCCCCC(=O)NC(CO)c1ccc(Cl)cc1. The Kier molecular flexibility index (Phi) is 6.76. The van der Waals surface area contributed by atoms with Crippen molar-refractivity contribution < 1.29 is 9.90 Å². The van der Waals surface area contributed by atoms with Crippen LogP contribution in [0.15, 0.2) is 24.3 Å². The predicted octanol–water partition coefficient (Wildman–Crippen LogP) is 3.07. The Hall–Kier alpha value is -1.06. The number of aliphatic hydroxyl groups is 1. The topological polar surface area (TPSA) is 49.3 Å². The third-order valence-corrected chi connectivity index (χ3v) is 3.05. The zero-order valence-electron chi connectivity index (χ0n) is 10.7. The molecule has 0 spiro atoms. The Morgan fingerprint density at radius 2 is 2.00 bits per heavy atom. The van der Waals surface area contributed by atoms with Gasteiger partial charge in [-0.3, -0.25) is 4.79 Å². The molecule has 100 valence electrons. The molecule has 3 nitrogen and oxygen atoms in total. The Bertz CT molecular complexity index is 365. The van der Waals surface area contributed by atoms with Crippen LogP contribution in [-0.4, -0.2) is 17.6 Å². The summed E-state index contributed by atoms with van der Waals surface area (Å²) in [6.07, 6.45) is 3.55. The van der Waals surface area contributed by atoms with Crippen molar-refractivity contribution in [1.82, 2.24) is 5.32 Å². The van der Waals surface area contributed by atoms with E-state index >= 15 is 0 Å². The van der Waals surface area contributed by atoms with Gasteiger partial charge in [-0.15, -0.1) is 0 Å². The molecule has 1 amide bonds. The molecule has 0 aliphatic carbocycles. The lowest BCUT2D eigenvalue weighted by atomic mass is 10.1. The number of hydrogen-bond acceptors (Lipinski definition) is 2. The first kappa shape index (κ1) is 15.0. The minimum absolute atomic E-state index is 0.0162. The van der Waals surface area contributed by atoms with Crippen molar-refractivity contribution in [3.63, 3.8) is 0 Å². The molecular weight excluding hydrogens is 250 g/mol. The molecule has 1 aromatic carbocycles. The van der Waals surface area contributed by atoms with Crippen LogP contribution in [-0.2, 0) is 4.79 Å². The van der Waals surface area contributed by atoms with Crippen molar-refractivity contribution in [2.75, 3.05) is 6.61 Å². The van der Waals surface area contributed by atoms with Gasteiger partial charge in [0.2, 0.25) is 5.91 Å². The largest absolute Gasteiger partial charge is 0.394 e. The van der Waals surface area contributed by atoms with E-state index < -0.39 is 0 Å². The average molecular weight is 270 g/mol. The molecule has 0 heterocycles. The molecule has 0 fully saturated rings. The predicted molar refractivity (Wildman–Crippen MR) is 73.6 cm³/mol. The highest BCUT2D eigenvalue weighted by Gasteiger charge is 2.13. The maximum absolute atomic E-state index is 11.7.